The highest BCUT2D eigenvalue weighted by atomic mass is 16.5. The molecule has 1 N–H and O–H groups in total. The van der Waals surface area contributed by atoms with Gasteiger partial charge in [-0.15, -0.1) is 0 Å². The second kappa shape index (κ2) is 10.1. The monoisotopic (exact) mass is 411 g/mol. The summed E-state index contributed by atoms with van der Waals surface area (Å²) >= 11 is 0. The third kappa shape index (κ3) is 5.28. The van der Waals surface area contributed by atoms with Gasteiger partial charge in [0.1, 0.15) is 11.4 Å². The first-order chi connectivity index (χ1) is 14.5. The van der Waals surface area contributed by atoms with Gasteiger partial charge >= 0.3 is 0 Å². The normalized spacial score (nSPS) is 13.7. The smallest absolute Gasteiger partial charge is 0.274 e. The van der Waals surface area contributed by atoms with Crippen molar-refractivity contribution in [1.82, 2.24) is 9.47 Å². The number of piperidine rings is 1. The largest absolute Gasteiger partial charge is 0.494 e. The van der Waals surface area contributed by atoms with E-state index in [9.17, 15) is 14.4 Å². The van der Waals surface area contributed by atoms with Crippen LogP contribution in [0.4, 0.5) is 5.69 Å². The van der Waals surface area contributed by atoms with Crippen molar-refractivity contribution in [2.45, 2.75) is 39.0 Å². The van der Waals surface area contributed by atoms with Crippen LogP contribution >= 0.6 is 0 Å². The van der Waals surface area contributed by atoms with Crippen LogP contribution in [0.1, 0.15) is 59.7 Å². The van der Waals surface area contributed by atoms with Crippen LogP contribution in [-0.2, 0) is 7.05 Å². The van der Waals surface area contributed by atoms with Crippen LogP contribution in [0.2, 0.25) is 0 Å². The fourth-order valence-electron chi connectivity index (χ4n) is 3.43. The number of aryl methyl sites for hydroxylation is 1. The maximum Gasteiger partial charge on any atom is 0.274 e. The molecule has 2 amide bonds. The summed E-state index contributed by atoms with van der Waals surface area (Å²) in [5.41, 5.74) is 0.535. The average Bonchev–Trinajstić information content (AvgIpc) is 2.77. The Kier molecular flexibility index (Phi) is 7.27. The first kappa shape index (κ1) is 21.6. The number of pyridine rings is 1. The molecule has 3 rings (SSSR count). The Morgan fingerprint density at radius 1 is 1.07 bits per heavy atom. The van der Waals surface area contributed by atoms with Crippen LogP contribution in [-0.4, -0.2) is 41.0 Å². The van der Waals surface area contributed by atoms with Crippen molar-refractivity contribution in [3.05, 3.63) is 58.0 Å². The summed E-state index contributed by atoms with van der Waals surface area (Å²) in [5.74, 6) is 0.175. The third-order valence-corrected chi connectivity index (χ3v) is 5.20. The van der Waals surface area contributed by atoms with Gasteiger partial charge in [0.25, 0.3) is 17.4 Å². The molecule has 0 unspecified atom stereocenters. The predicted octanol–water partition coefficient (Wildman–Crippen LogP) is 3.44. The van der Waals surface area contributed by atoms with Crippen molar-refractivity contribution in [2.24, 2.45) is 7.05 Å². The molecule has 0 bridgehead atoms. The Balaban J connectivity index is 1.73. The first-order valence-electron chi connectivity index (χ1n) is 10.5. The van der Waals surface area contributed by atoms with Gasteiger partial charge in [-0.25, -0.2) is 0 Å². The summed E-state index contributed by atoms with van der Waals surface area (Å²) in [4.78, 5) is 39.7. The summed E-state index contributed by atoms with van der Waals surface area (Å²) in [6, 6.07) is 8.25. The van der Waals surface area contributed by atoms with E-state index < -0.39 is 5.91 Å². The fraction of sp³-hybridized carbons (Fsp3) is 0.435. The van der Waals surface area contributed by atoms with Crippen molar-refractivity contribution in [1.29, 1.82) is 0 Å². The fourth-order valence-corrected chi connectivity index (χ4v) is 3.43. The highest BCUT2D eigenvalue weighted by Crippen LogP contribution is 2.16. The zero-order valence-electron chi connectivity index (χ0n) is 17.6. The quantitative estimate of drug-likeness (QED) is 0.708. The van der Waals surface area contributed by atoms with E-state index in [-0.39, 0.29) is 17.2 Å². The molecular formula is C23H29N3O4. The van der Waals surface area contributed by atoms with E-state index in [4.69, 9.17) is 4.74 Å². The number of aromatic nitrogens is 1. The zero-order valence-corrected chi connectivity index (χ0v) is 17.6. The molecule has 0 atom stereocenters. The van der Waals surface area contributed by atoms with Gasteiger partial charge in [0.05, 0.1) is 12.2 Å². The number of unbranched alkanes of at least 4 members (excludes halogenated alkanes) is 1. The van der Waals surface area contributed by atoms with E-state index >= 15 is 0 Å². The van der Waals surface area contributed by atoms with Crippen LogP contribution in [0.15, 0.2) is 41.3 Å². The van der Waals surface area contributed by atoms with E-state index in [1.54, 1.807) is 36.2 Å². The second-order valence-corrected chi connectivity index (χ2v) is 7.59. The number of likely N-dealkylation sites (tertiary alicyclic amines) is 1. The first-order valence-corrected chi connectivity index (χ1v) is 10.5. The predicted molar refractivity (Wildman–Crippen MR) is 116 cm³/mol. The SMILES string of the molecule is CCCCOc1ccc(C(=O)Nc2cc(C(=O)N3CCCCC3)cn(C)c2=O)cc1. The van der Waals surface area contributed by atoms with Crippen molar-refractivity contribution in [2.75, 3.05) is 25.0 Å². The number of nitrogens with one attached hydrogen (secondary N) is 1. The van der Waals surface area contributed by atoms with E-state index in [0.717, 1.165) is 45.2 Å². The molecule has 0 radical (unpaired) electrons. The van der Waals surface area contributed by atoms with Gasteiger partial charge in [0.15, 0.2) is 0 Å². The molecule has 1 saturated heterocycles. The number of nitrogens with zero attached hydrogens (tertiary/aromatic N) is 2. The Labute approximate surface area is 176 Å². The summed E-state index contributed by atoms with van der Waals surface area (Å²) in [6.45, 7) is 4.16. The zero-order chi connectivity index (χ0) is 21.5. The lowest BCUT2D eigenvalue weighted by molar-refractivity contribution is 0.0723. The number of hydrogen-bond acceptors (Lipinski definition) is 4. The maximum atomic E-state index is 12.8. The Hall–Kier alpha value is -3.09. The molecule has 1 aromatic carbocycles. The van der Waals surface area contributed by atoms with Crippen LogP contribution in [0.5, 0.6) is 5.75 Å². The summed E-state index contributed by atoms with van der Waals surface area (Å²) in [7, 11) is 1.58. The number of amides is 2. The molecule has 30 heavy (non-hydrogen) atoms. The van der Waals surface area contributed by atoms with Crippen molar-refractivity contribution >= 4 is 17.5 Å². The highest BCUT2D eigenvalue weighted by molar-refractivity contribution is 6.05. The average molecular weight is 412 g/mol. The minimum Gasteiger partial charge on any atom is -0.494 e. The molecule has 0 saturated carbocycles. The van der Waals surface area contributed by atoms with Crippen LogP contribution in [0.25, 0.3) is 0 Å². The third-order valence-electron chi connectivity index (χ3n) is 5.20. The number of carbonyl (C=O) groups excluding carboxylic acids is 2. The van der Waals surface area contributed by atoms with Gasteiger partial charge in [-0.3, -0.25) is 14.4 Å². The molecule has 0 spiro atoms. The number of carbonyl (C=O) groups is 2. The summed E-state index contributed by atoms with van der Waals surface area (Å²) in [6.07, 6.45) is 6.64. The number of hydrogen-bond donors (Lipinski definition) is 1. The molecule has 7 heteroatoms. The molecule has 1 aromatic heterocycles. The minimum atomic E-state index is -0.408. The molecule has 7 nitrogen and oxygen atoms in total. The minimum absolute atomic E-state index is 0.0913. The van der Waals surface area contributed by atoms with Crippen LogP contribution in [0.3, 0.4) is 0 Å². The number of anilines is 1. The summed E-state index contributed by atoms with van der Waals surface area (Å²) in [5, 5.41) is 2.65. The highest BCUT2D eigenvalue weighted by Gasteiger charge is 2.20. The Morgan fingerprint density at radius 2 is 1.77 bits per heavy atom. The molecule has 1 aliphatic heterocycles. The van der Waals surface area contributed by atoms with Crippen LogP contribution in [0, 0.1) is 0 Å². The van der Waals surface area contributed by atoms with Gasteiger partial charge in [-0.1, -0.05) is 13.3 Å². The summed E-state index contributed by atoms with van der Waals surface area (Å²) < 4.78 is 6.94. The lowest BCUT2D eigenvalue weighted by Gasteiger charge is -2.27. The van der Waals surface area contributed by atoms with Gasteiger partial charge in [-0.05, 0) is 56.0 Å². The van der Waals surface area contributed by atoms with Gasteiger partial charge in [0.2, 0.25) is 0 Å². The van der Waals surface area contributed by atoms with E-state index in [1.165, 1.54) is 16.8 Å². The van der Waals surface area contributed by atoms with E-state index in [1.807, 2.05) is 0 Å². The van der Waals surface area contributed by atoms with Gasteiger partial charge in [-0.2, -0.15) is 0 Å². The van der Waals surface area contributed by atoms with E-state index in [0.29, 0.717) is 23.5 Å². The second-order valence-electron chi connectivity index (χ2n) is 7.59. The van der Waals surface area contributed by atoms with E-state index in [2.05, 4.69) is 12.2 Å². The van der Waals surface area contributed by atoms with Crippen molar-refractivity contribution in [3.8, 4) is 5.75 Å². The topological polar surface area (TPSA) is 80.6 Å². The van der Waals surface area contributed by atoms with Crippen LogP contribution < -0.4 is 15.6 Å². The van der Waals surface area contributed by atoms with Crippen molar-refractivity contribution in [3.63, 3.8) is 0 Å². The molecule has 1 fully saturated rings. The molecule has 0 aliphatic carbocycles. The van der Waals surface area contributed by atoms with Crippen molar-refractivity contribution < 1.29 is 14.3 Å². The van der Waals surface area contributed by atoms with Gasteiger partial charge < -0.3 is 19.5 Å². The number of ether oxygens (including phenoxy) is 1. The lowest BCUT2D eigenvalue weighted by atomic mass is 10.1. The molecule has 2 heterocycles. The number of rotatable bonds is 7. The number of benzene rings is 1. The van der Waals surface area contributed by atoms with Gasteiger partial charge in [0, 0.05) is 31.9 Å². The maximum absolute atomic E-state index is 12.8. The molecular weight excluding hydrogens is 382 g/mol. The molecule has 160 valence electrons. The molecule has 2 aromatic rings. The lowest BCUT2D eigenvalue weighted by Crippen LogP contribution is -2.36. The Morgan fingerprint density at radius 3 is 2.43 bits per heavy atom. The Bertz CT molecular complexity index is 944. The molecule has 1 aliphatic rings. The standard InChI is InChI=1S/C23H29N3O4/c1-3-4-14-30-19-10-8-17(9-11-19)21(27)24-20-15-18(16-25(2)23(20)29)22(28)26-12-6-5-7-13-26/h8-11,15-16H,3-7,12-14H2,1-2H3,(H,24,27).